The molecule has 0 spiro atoms. The number of hydrogen-bond donors (Lipinski definition) is 1. The quantitative estimate of drug-likeness (QED) is 0.407. The Morgan fingerprint density at radius 1 is 1.05 bits per heavy atom. The van der Waals surface area contributed by atoms with Crippen LogP contribution in [0.4, 0.5) is 0 Å². The molecule has 0 radical (unpaired) electrons. The largest absolute Gasteiger partial charge is 0.472 e. The lowest BCUT2D eigenvalue weighted by molar-refractivity contribution is -0.130. The monoisotopic (exact) mass is 258 g/mol. The molecule has 0 aromatic heterocycles. The van der Waals surface area contributed by atoms with Gasteiger partial charge in [-0.05, 0) is 30.8 Å². The highest BCUT2D eigenvalue weighted by molar-refractivity contribution is 5.87. The Bertz CT molecular complexity index is 408. The highest BCUT2D eigenvalue weighted by atomic mass is 16.4. The van der Waals surface area contributed by atoms with Crippen LogP contribution in [0.25, 0.3) is 0 Å². The second kappa shape index (κ2) is 14.1. The van der Waals surface area contributed by atoms with Gasteiger partial charge < -0.3 is 5.11 Å². The maximum atomic E-state index is 10.0. The van der Waals surface area contributed by atoms with Crippen LogP contribution in [0.3, 0.4) is 0 Å². The second-order valence-corrected chi connectivity index (χ2v) is 4.17. The molecule has 102 valence electrons. The van der Waals surface area contributed by atoms with Gasteiger partial charge >= 0.3 is 5.97 Å². The van der Waals surface area contributed by atoms with E-state index in [9.17, 15) is 4.79 Å². The molecule has 0 aromatic carbocycles. The van der Waals surface area contributed by atoms with Crippen LogP contribution in [0, 0.1) is 23.7 Å². The predicted molar refractivity (Wildman–Crippen MR) is 79.5 cm³/mol. The normalized spacial score (nSPS) is 9.95. The van der Waals surface area contributed by atoms with E-state index in [1.165, 1.54) is 38.5 Å². The van der Waals surface area contributed by atoms with Crippen LogP contribution in [0.15, 0.2) is 24.3 Å². The minimum atomic E-state index is -1.16. The van der Waals surface area contributed by atoms with E-state index in [0.29, 0.717) is 0 Å². The van der Waals surface area contributed by atoms with E-state index in [0.717, 1.165) is 6.42 Å². The summed E-state index contributed by atoms with van der Waals surface area (Å²) in [6.45, 7) is 2.23. The summed E-state index contributed by atoms with van der Waals surface area (Å²) in [5.41, 5.74) is 0. The first-order valence-corrected chi connectivity index (χ1v) is 6.83. The third kappa shape index (κ3) is 16.1. The van der Waals surface area contributed by atoms with Crippen LogP contribution in [-0.2, 0) is 4.79 Å². The number of carboxylic acid groups (broad SMARTS) is 1. The Labute approximate surface area is 116 Å². The van der Waals surface area contributed by atoms with Crippen molar-refractivity contribution in [3.05, 3.63) is 24.3 Å². The topological polar surface area (TPSA) is 37.3 Å². The van der Waals surface area contributed by atoms with Crippen LogP contribution in [0.5, 0.6) is 0 Å². The van der Waals surface area contributed by atoms with Gasteiger partial charge in [0.2, 0.25) is 0 Å². The zero-order chi connectivity index (χ0) is 14.2. The summed E-state index contributed by atoms with van der Waals surface area (Å²) < 4.78 is 0. The van der Waals surface area contributed by atoms with Crippen molar-refractivity contribution in [3.8, 4) is 23.7 Å². The predicted octanol–water partition coefficient (Wildman–Crippen LogP) is 3.94. The Balaban J connectivity index is 3.53. The van der Waals surface area contributed by atoms with Crippen LogP contribution in [0.1, 0.15) is 51.9 Å². The Morgan fingerprint density at radius 2 is 1.79 bits per heavy atom. The van der Waals surface area contributed by atoms with Crippen LogP contribution in [0.2, 0.25) is 0 Å². The molecule has 0 aromatic rings. The summed E-state index contributed by atoms with van der Waals surface area (Å²) >= 11 is 0. The molecule has 2 nitrogen and oxygen atoms in total. The van der Waals surface area contributed by atoms with Crippen LogP contribution >= 0.6 is 0 Å². The van der Waals surface area contributed by atoms with Crippen LogP contribution in [-0.4, -0.2) is 11.1 Å². The van der Waals surface area contributed by atoms with Gasteiger partial charge in [-0.15, -0.1) is 0 Å². The van der Waals surface area contributed by atoms with Gasteiger partial charge in [-0.3, -0.25) is 0 Å². The number of hydrogen-bond acceptors (Lipinski definition) is 1. The maximum absolute atomic E-state index is 10.0. The summed E-state index contributed by atoms with van der Waals surface area (Å²) in [5.74, 6) is 8.09. The number of aliphatic carboxylic acids is 1. The van der Waals surface area contributed by atoms with E-state index in [2.05, 4.69) is 30.8 Å². The minimum Gasteiger partial charge on any atom is -0.472 e. The zero-order valence-electron chi connectivity index (χ0n) is 11.6. The van der Waals surface area contributed by atoms with Gasteiger partial charge in [-0.2, -0.15) is 0 Å². The van der Waals surface area contributed by atoms with E-state index in [-0.39, 0.29) is 0 Å². The fraction of sp³-hybridized carbons (Fsp3) is 0.471. The second-order valence-electron chi connectivity index (χ2n) is 4.17. The number of unbranched alkanes of at least 4 members (excludes halogenated alkanes) is 6. The van der Waals surface area contributed by atoms with Crippen molar-refractivity contribution < 1.29 is 9.90 Å². The van der Waals surface area contributed by atoms with Gasteiger partial charge in [-0.1, -0.05) is 63.2 Å². The van der Waals surface area contributed by atoms with Gasteiger partial charge in [0.25, 0.3) is 0 Å². The molecule has 0 fully saturated rings. The number of rotatable bonds is 8. The van der Waals surface area contributed by atoms with E-state index in [1.807, 2.05) is 18.1 Å². The van der Waals surface area contributed by atoms with E-state index in [4.69, 9.17) is 5.11 Å². The SMILES string of the molecule is CCCCCCCCC=CC=CC#CC#CC(=O)O. The molecule has 0 aliphatic rings. The standard InChI is InChI=1S/C17H22O2/c1-2-3-4-5-6-7-8-9-10-11-12-13-14-15-16-17(18)19/h9-12H,2-8H2,1H3,(H,18,19). The first-order valence-electron chi connectivity index (χ1n) is 6.83. The molecule has 0 unspecified atom stereocenters. The lowest BCUT2D eigenvalue weighted by Crippen LogP contribution is -1.85. The van der Waals surface area contributed by atoms with Crippen molar-refractivity contribution in [3.63, 3.8) is 0 Å². The molecule has 0 amide bonds. The fourth-order valence-electron chi connectivity index (χ4n) is 1.48. The van der Waals surface area contributed by atoms with Gasteiger partial charge in [0, 0.05) is 5.92 Å². The molecule has 0 saturated heterocycles. The molecular weight excluding hydrogens is 236 g/mol. The first kappa shape index (κ1) is 17.1. The molecule has 0 saturated carbocycles. The van der Waals surface area contributed by atoms with E-state index < -0.39 is 5.97 Å². The average molecular weight is 258 g/mol. The molecule has 0 atom stereocenters. The Hall–Kier alpha value is -1.93. The summed E-state index contributed by atoms with van der Waals surface area (Å²) in [4.78, 5) is 10.0. The van der Waals surface area contributed by atoms with E-state index >= 15 is 0 Å². The van der Waals surface area contributed by atoms with Crippen molar-refractivity contribution >= 4 is 5.97 Å². The molecule has 0 bridgehead atoms. The Kier molecular flexibility index (Phi) is 12.7. The molecule has 0 aliphatic carbocycles. The molecule has 2 heteroatoms. The van der Waals surface area contributed by atoms with Crippen molar-refractivity contribution in [1.29, 1.82) is 0 Å². The highest BCUT2D eigenvalue weighted by Crippen LogP contribution is 2.06. The maximum Gasteiger partial charge on any atom is 0.382 e. The van der Waals surface area contributed by atoms with Crippen molar-refractivity contribution in [2.24, 2.45) is 0 Å². The van der Waals surface area contributed by atoms with Crippen molar-refractivity contribution in [2.45, 2.75) is 51.9 Å². The number of allylic oxidation sites excluding steroid dienone is 4. The summed E-state index contributed by atoms with van der Waals surface area (Å²) in [6, 6.07) is 0. The number of carboxylic acids is 1. The molecular formula is C17H22O2. The van der Waals surface area contributed by atoms with E-state index in [1.54, 1.807) is 6.08 Å². The average Bonchev–Trinajstić information content (AvgIpc) is 2.39. The molecule has 0 aliphatic heterocycles. The van der Waals surface area contributed by atoms with Crippen molar-refractivity contribution in [2.75, 3.05) is 0 Å². The third-order valence-corrected chi connectivity index (χ3v) is 2.46. The smallest absolute Gasteiger partial charge is 0.382 e. The Morgan fingerprint density at radius 3 is 2.53 bits per heavy atom. The molecule has 1 N–H and O–H groups in total. The zero-order valence-corrected chi connectivity index (χ0v) is 11.6. The van der Waals surface area contributed by atoms with Gasteiger partial charge in [0.05, 0.1) is 0 Å². The first-order chi connectivity index (χ1) is 9.27. The van der Waals surface area contributed by atoms with Crippen molar-refractivity contribution in [1.82, 2.24) is 0 Å². The van der Waals surface area contributed by atoms with Gasteiger partial charge in [0.15, 0.2) is 0 Å². The van der Waals surface area contributed by atoms with Gasteiger partial charge in [-0.25, -0.2) is 4.79 Å². The summed E-state index contributed by atoms with van der Waals surface area (Å²) in [6.07, 6.45) is 16.6. The lowest BCUT2D eigenvalue weighted by atomic mass is 10.1. The minimum absolute atomic E-state index is 1.10. The summed E-state index contributed by atoms with van der Waals surface area (Å²) in [7, 11) is 0. The highest BCUT2D eigenvalue weighted by Gasteiger charge is 1.87. The molecule has 19 heavy (non-hydrogen) atoms. The molecule has 0 heterocycles. The molecule has 0 rings (SSSR count). The van der Waals surface area contributed by atoms with Crippen LogP contribution < -0.4 is 0 Å². The fourth-order valence-corrected chi connectivity index (χ4v) is 1.48. The van der Waals surface area contributed by atoms with Gasteiger partial charge in [0.1, 0.15) is 0 Å². The third-order valence-electron chi connectivity index (χ3n) is 2.46. The summed E-state index contributed by atoms with van der Waals surface area (Å²) in [5, 5.41) is 8.23. The number of carbonyl (C=O) groups is 1. The lowest BCUT2D eigenvalue weighted by Gasteiger charge is -1.97.